The van der Waals surface area contributed by atoms with Crippen LogP contribution in [0.1, 0.15) is 30.5 Å². The molecular weight excluding hydrogens is 242 g/mol. The Morgan fingerprint density at radius 1 is 1.21 bits per heavy atom. The van der Waals surface area contributed by atoms with E-state index in [0.29, 0.717) is 0 Å². The van der Waals surface area contributed by atoms with Crippen LogP contribution in [0.5, 0.6) is 0 Å². The van der Waals surface area contributed by atoms with E-state index in [1.807, 2.05) is 32.9 Å². The lowest BCUT2D eigenvalue weighted by atomic mass is 9.97. The van der Waals surface area contributed by atoms with Gasteiger partial charge in [-0.25, -0.2) is 4.79 Å². The number of nitrogens with zero attached hydrogens (tertiary/aromatic N) is 1. The highest BCUT2D eigenvalue weighted by Gasteiger charge is 2.48. The highest BCUT2D eigenvalue weighted by molar-refractivity contribution is 5.97. The molecule has 102 valence electrons. The van der Waals surface area contributed by atoms with Gasteiger partial charge in [0.15, 0.2) is 0 Å². The molecule has 1 aromatic rings. The lowest BCUT2D eigenvalue weighted by Crippen LogP contribution is -2.43. The van der Waals surface area contributed by atoms with E-state index in [-0.39, 0.29) is 0 Å². The second kappa shape index (κ2) is 4.37. The van der Waals surface area contributed by atoms with Gasteiger partial charge >= 0.3 is 6.09 Å². The number of aryl methyl sites for hydroxylation is 1. The van der Waals surface area contributed by atoms with Gasteiger partial charge in [0.25, 0.3) is 0 Å². The number of ether oxygens (including phenoxy) is 1. The first-order chi connectivity index (χ1) is 8.79. The third kappa shape index (κ3) is 2.01. The minimum Gasteiger partial charge on any atom is -0.440 e. The second-order valence-corrected chi connectivity index (χ2v) is 5.57. The van der Waals surface area contributed by atoms with Crippen molar-refractivity contribution in [1.82, 2.24) is 0 Å². The molecule has 0 aromatic heterocycles. The molecule has 1 fully saturated rings. The number of amides is 1. The molecule has 0 unspecified atom stereocenters. The maximum Gasteiger partial charge on any atom is 0.415 e. The number of carbonyl (C=O) groups is 2. The van der Waals surface area contributed by atoms with Crippen molar-refractivity contribution in [2.24, 2.45) is 0 Å². The SMILES string of the molecule is Cc1ccc(N2C(=O)OC(C)(C)[C@@H]2C=O)c(C)c1C. The Bertz CT molecular complexity index is 549. The van der Waals surface area contributed by atoms with E-state index in [9.17, 15) is 9.59 Å². The van der Waals surface area contributed by atoms with E-state index < -0.39 is 17.7 Å². The minimum absolute atomic E-state index is 0.464. The molecule has 1 aliphatic heterocycles. The lowest BCUT2D eigenvalue weighted by Gasteiger charge is -2.25. The van der Waals surface area contributed by atoms with Crippen LogP contribution < -0.4 is 4.90 Å². The first-order valence-corrected chi connectivity index (χ1v) is 6.34. The molecule has 1 aliphatic rings. The summed E-state index contributed by atoms with van der Waals surface area (Å²) in [4.78, 5) is 24.8. The molecule has 0 radical (unpaired) electrons. The topological polar surface area (TPSA) is 46.6 Å². The first-order valence-electron chi connectivity index (χ1n) is 6.34. The van der Waals surface area contributed by atoms with Crippen LogP contribution in [0.25, 0.3) is 0 Å². The normalized spacial score (nSPS) is 21.4. The first kappa shape index (κ1) is 13.6. The van der Waals surface area contributed by atoms with Crippen LogP contribution in [0.2, 0.25) is 0 Å². The molecule has 19 heavy (non-hydrogen) atoms. The summed E-state index contributed by atoms with van der Waals surface area (Å²) >= 11 is 0. The fourth-order valence-electron chi connectivity index (χ4n) is 2.43. The number of benzene rings is 1. The van der Waals surface area contributed by atoms with Gasteiger partial charge in [-0.1, -0.05) is 6.07 Å². The Hall–Kier alpha value is -1.84. The Labute approximate surface area is 113 Å². The van der Waals surface area contributed by atoms with Gasteiger partial charge in [0, 0.05) is 0 Å². The van der Waals surface area contributed by atoms with Crippen molar-refractivity contribution in [3.05, 3.63) is 28.8 Å². The molecule has 1 atom stereocenters. The highest BCUT2D eigenvalue weighted by atomic mass is 16.6. The molecule has 4 heteroatoms. The molecule has 1 amide bonds. The number of cyclic esters (lactones) is 1. The van der Waals surface area contributed by atoms with E-state index in [1.54, 1.807) is 13.8 Å². The standard InChI is InChI=1S/C15H19NO3/c1-9-6-7-12(11(3)10(9)2)16-13(8-17)15(4,5)19-14(16)18/h6-8,13H,1-5H3/t13-/m0/s1. The Morgan fingerprint density at radius 3 is 2.42 bits per heavy atom. The van der Waals surface area contributed by atoms with E-state index in [0.717, 1.165) is 28.7 Å². The molecule has 2 rings (SSSR count). The average molecular weight is 261 g/mol. The fraction of sp³-hybridized carbons (Fsp3) is 0.467. The van der Waals surface area contributed by atoms with E-state index >= 15 is 0 Å². The Kier molecular flexibility index (Phi) is 3.12. The molecule has 0 saturated carbocycles. The molecule has 0 spiro atoms. The summed E-state index contributed by atoms with van der Waals surface area (Å²) in [6.45, 7) is 9.49. The number of carbonyl (C=O) groups excluding carboxylic acids is 2. The largest absolute Gasteiger partial charge is 0.440 e. The zero-order valence-corrected chi connectivity index (χ0v) is 12.0. The number of aldehydes is 1. The van der Waals surface area contributed by atoms with Gasteiger partial charge in [0.2, 0.25) is 0 Å². The molecule has 1 saturated heterocycles. The van der Waals surface area contributed by atoms with Crippen LogP contribution in [-0.2, 0) is 9.53 Å². The fourth-order valence-corrected chi connectivity index (χ4v) is 2.43. The zero-order chi connectivity index (χ0) is 14.4. The van der Waals surface area contributed by atoms with Crippen molar-refractivity contribution in [3.63, 3.8) is 0 Å². The monoisotopic (exact) mass is 261 g/mol. The summed E-state index contributed by atoms with van der Waals surface area (Å²) in [6, 6.07) is 3.23. The van der Waals surface area contributed by atoms with Gasteiger partial charge in [-0.05, 0) is 57.4 Å². The van der Waals surface area contributed by atoms with E-state index in [1.165, 1.54) is 4.90 Å². The van der Waals surface area contributed by atoms with Crippen LogP contribution in [-0.4, -0.2) is 24.0 Å². The second-order valence-electron chi connectivity index (χ2n) is 5.57. The van der Waals surface area contributed by atoms with Crippen molar-refractivity contribution in [2.75, 3.05) is 4.90 Å². The minimum atomic E-state index is -0.802. The number of rotatable bonds is 2. The molecule has 0 N–H and O–H groups in total. The summed E-state index contributed by atoms with van der Waals surface area (Å²) in [7, 11) is 0. The number of anilines is 1. The van der Waals surface area contributed by atoms with Crippen LogP contribution in [0, 0.1) is 20.8 Å². The summed E-state index contributed by atoms with van der Waals surface area (Å²) in [6.07, 6.45) is 0.313. The molecule has 0 aliphatic carbocycles. The van der Waals surface area contributed by atoms with Crippen molar-refractivity contribution in [3.8, 4) is 0 Å². The maximum absolute atomic E-state index is 12.1. The van der Waals surface area contributed by atoms with Crippen LogP contribution >= 0.6 is 0 Å². The van der Waals surface area contributed by atoms with E-state index in [2.05, 4.69) is 0 Å². The third-order valence-corrected chi connectivity index (χ3v) is 3.96. The smallest absolute Gasteiger partial charge is 0.415 e. The summed E-state index contributed by atoms with van der Waals surface area (Å²) in [5, 5.41) is 0. The van der Waals surface area contributed by atoms with Crippen molar-refractivity contribution < 1.29 is 14.3 Å². The van der Waals surface area contributed by atoms with Gasteiger partial charge < -0.3 is 9.53 Å². The predicted molar refractivity (Wildman–Crippen MR) is 73.5 cm³/mol. The Balaban J connectivity index is 2.55. The average Bonchev–Trinajstić information content (AvgIpc) is 2.55. The number of hydrogen-bond donors (Lipinski definition) is 0. The van der Waals surface area contributed by atoms with Gasteiger partial charge in [-0.3, -0.25) is 4.90 Å². The molecule has 1 aromatic carbocycles. The number of hydrogen-bond acceptors (Lipinski definition) is 3. The summed E-state index contributed by atoms with van der Waals surface area (Å²) < 4.78 is 5.30. The van der Waals surface area contributed by atoms with Gasteiger partial charge in [0.05, 0.1) is 5.69 Å². The Morgan fingerprint density at radius 2 is 1.84 bits per heavy atom. The zero-order valence-electron chi connectivity index (χ0n) is 12.0. The van der Waals surface area contributed by atoms with Gasteiger partial charge in [-0.2, -0.15) is 0 Å². The molecular formula is C15H19NO3. The highest BCUT2D eigenvalue weighted by Crippen LogP contribution is 2.35. The van der Waals surface area contributed by atoms with Gasteiger partial charge in [0.1, 0.15) is 17.9 Å². The van der Waals surface area contributed by atoms with Crippen molar-refractivity contribution in [2.45, 2.75) is 46.3 Å². The lowest BCUT2D eigenvalue weighted by molar-refractivity contribution is -0.111. The van der Waals surface area contributed by atoms with Crippen LogP contribution in [0.3, 0.4) is 0 Å². The van der Waals surface area contributed by atoms with Crippen molar-refractivity contribution in [1.29, 1.82) is 0 Å². The maximum atomic E-state index is 12.1. The van der Waals surface area contributed by atoms with Crippen molar-refractivity contribution >= 4 is 18.1 Å². The molecule has 0 bridgehead atoms. The van der Waals surface area contributed by atoms with E-state index in [4.69, 9.17) is 4.74 Å². The quantitative estimate of drug-likeness (QED) is 0.769. The van der Waals surface area contributed by atoms with Gasteiger partial charge in [-0.15, -0.1) is 0 Å². The van der Waals surface area contributed by atoms with Crippen LogP contribution in [0.4, 0.5) is 10.5 Å². The molecule has 4 nitrogen and oxygen atoms in total. The third-order valence-electron chi connectivity index (χ3n) is 3.96. The molecule has 1 heterocycles. The predicted octanol–water partition coefficient (Wildman–Crippen LogP) is 2.91. The summed E-state index contributed by atoms with van der Waals surface area (Å²) in [5.41, 5.74) is 3.23. The summed E-state index contributed by atoms with van der Waals surface area (Å²) in [5.74, 6) is 0. The van der Waals surface area contributed by atoms with Crippen LogP contribution in [0.15, 0.2) is 12.1 Å².